The first-order valence-electron chi connectivity index (χ1n) is 9.87. The third kappa shape index (κ3) is 5.06. The van der Waals surface area contributed by atoms with Crippen molar-refractivity contribution in [3.63, 3.8) is 0 Å². The van der Waals surface area contributed by atoms with Crippen molar-refractivity contribution in [2.24, 2.45) is 5.73 Å². The Morgan fingerprint density at radius 2 is 1.94 bits per heavy atom. The summed E-state index contributed by atoms with van der Waals surface area (Å²) in [6, 6.07) is 4.35. The first-order valence-corrected chi connectivity index (χ1v) is 9.87. The molecular formula is C21H22F3N5O4. The zero-order valence-corrected chi connectivity index (χ0v) is 18.0. The van der Waals surface area contributed by atoms with Crippen molar-refractivity contribution in [1.82, 2.24) is 20.6 Å². The summed E-state index contributed by atoms with van der Waals surface area (Å²) in [5, 5.41) is 5.29. The second-order valence-electron chi connectivity index (χ2n) is 7.11. The molecule has 2 amide bonds. The smallest absolute Gasteiger partial charge is 0.433 e. The Morgan fingerprint density at radius 1 is 1.21 bits per heavy atom. The fraction of sp³-hybridized carbons (Fsp3) is 0.333. The highest BCUT2D eigenvalue weighted by Gasteiger charge is 2.33. The molecule has 9 nitrogen and oxygen atoms in total. The van der Waals surface area contributed by atoms with Crippen LogP contribution in [0.5, 0.6) is 5.75 Å². The van der Waals surface area contributed by atoms with Crippen LogP contribution >= 0.6 is 0 Å². The lowest BCUT2D eigenvalue weighted by atomic mass is 10.1. The van der Waals surface area contributed by atoms with Crippen LogP contribution < -0.4 is 21.1 Å². The Kier molecular flexibility index (Phi) is 6.86. The summed E-state index contributed by atoms with van der Waals surface area (Å²) in [6.07, 6.45) is -4.57. The molecule has 33 heavy (non-hydrogen) atoms. The predicted octanol–water partition coefficient (Wildman–Crippen LogP) is 2.80. The number of amides is 2. The van der Waals surface area contributed by atoms with Crippen molar-refractivity contribution in [2.45, 2.75) is 25.6 Å². The topological polar surface area (TPSA) is 132 Å². The van der Waals surface area contributed by atoms with E-state index in [4.69, 9.17) is 14.9 Å². The van der Waals surface area contributed by atoms with Gasteiger partial charge in [0.25, 0.3) is 5.91 Å². The maximum absolute atomic E-state index is 13.2. The number of hydrogen-bond donors (Lipinski definition) is 3. The van der Waals surface area contributed by atoms with Crippen LogP contribution in [0.15, 0.2) is 28.7 Å². The molecular weight excluding hydrogens is 443 g/mol. The minimum atomic E-state index is -4.64. The van der Waals surface area contributed by atoms with Gasteiger partial charge in [0.15, 0.2) is 11.5 Å². The first kappa shape index (κ1) is 24.0. The number of methoxy groups -OCH3 is 1. The minimum absolute atomic E-state index is 0.0204. The van der Waals surface area contributed by atoms with Crippen LogP contribution in [0.3, 0.4) is 0 Å². The van der Waals surface area contributed by atoms with Crippen LogP contribution in [0.25, 0.3) is 22.4 Å². The van der Waals surface area contributed by atoms with Crippen LogP contribution in [0.4, 0.5) is 13.2 Å². The van der Waals surface area contributed by atoms with E-state index in [2.05, 4.69) is 20.6 Å². The number of aromatic nitrogens is 2. The van der Waals surface area contributed by atoms with Crippen molar-refractivity contribution in [3.05, 3.63) is 41.4 Å². The normalized spacial score (nSPS) is 12.5. The molecule has 0 spiro atoms. The Balaban J connectivity index is 2.06. The van der Waals surface area contributed by atoms with Gasteiger partial charge in [0.1, 0.15) is 17.0 Å². The summed E-state index contributed by atoms with van der Waals surface area (Å²) in [4.78, 5) is 31.9. The maximum Gasteiger partial charge on any atom is 0.433 e. The van der Waals surface area contributed by atoms with Crippen LogP contribution in [0, 0.1) is 0 Å². The quantitative estimate of drug-likeness (QED) is 0.489. The summed E-state index contributed by atoms with van der Waals surface area (Å²) < 4.78 is 50.4. The molecule has 0 bridgehead atoms. The van der Waals surface area contributed by atoms with Crippen LogP contribution in [0.1, 0.15) is 41.3 Å². The van der Waals surface area contributed by atoms with Crippen LogP contribution in [-0.4, -0.2) is 42.5 Å². The number of nitrogens with zero attached hydrogens (tertiary/aromatic N) is 2. The third-order valence-electron chi connectivity index (χ3n) is 4.76. The Morgan fingerprint density at radius 3 is 2.55 bits per heavy atom. The molecule has 1 atom stereocenters. The Hall–Kier alpha value is -3.67. The van der Waals surface area contributed by atoms with E-state index in [-0.39, 0.29) is 52.9 Å². The zero-order chi connectivity index (χ0) is 24.3. The molecule has 3 aromatic rings. The van der Waals surface area contributed by atoms with Gasteiger partial charge < -0.3 is 25.5 Å². The van der Waals surface area contributed by atoms with Gasteiger partial charge in [-0.25, -0.2) is 9.97 Å². The fourth-order valence-electron chi connectivity index (χ4n) is 3.12. The van der Waals surface area contributed by atoms with E-state index in [1.807, 2.05) is 0 Å². The molecule has 0 fully saturated rings. The molecule has 2 aromatic heterocycles. The van der Waals surface area contributed by atoms with Gasteiger partial charge in [-0.3, -0.25) is 9.59 Å². The molecule has 2 heterocycles. The lowest BCUT2D eigenvalue weighted by Crippen LogP contribution is -2.30. The molecule has 3 rings (SSSR count). The molecule has 0 aliphatic carbocycles. The summed E-state index contributed by atoms with van der Waals surface area (Å²) in [6.45, 7) is 1.66. The monoisotopic (exact) mass is 465 g/mol. The lowest BCUT2D eigenvalue weighted by molar-refractivity contribution is -0.141. The number of rotatable bonds is 7. The van der Waals surface area contributed by atoms with E-state index in [1.54, 1.807) is 13.0 Å². The number of alkyl halides is 3. The van der Waals surface area contributed by atoms with Crippen LogP contribution in [0.2, 0.25) is 0 Å². The van der Waals surface area contributed by atoms with E-state index < -0.39 is 23.8 Å². The number of fused-ring (bicyclic) bond motifs is 1. The van der Waals surface area contributed by atoms with E-state index in [0.29, 0.717) is 5.56 Å². The van der Waals surface area contributed by atoms with E-state index in [9.17, 15) is 22.8 Å². The predicted molar refractivity (Wildman–Crippen MR) is 112 cm³/mol. The number of nitrogens with two attached hydrogens (primary N) is 1. The molecule has 0 aliphatic heterocycles. The zero-order valence-electron chi connectivity index (χ0n) is 18.0. The van der Waals surface area contributed by atoms with Crippen molar-refractivity contribution in [2.75, 3.05) is 20.7 Å². The van der Waals surface area contributed by atoms with Crippen molar-refractivity contribution >= 4 is 22.7 Å². The SMILES string of the molecule is CNC(=O)CCNC(=O)c1nc(-c2ccc(OC)c3nc(C(F)(F)F)ccc23)oc1[C@H](C)N. The van der Waals surface area contributed by atoms with Gasteiger partial charge in [-0.1, -0.05) is 0 Å². The number of hydrogen-bond acceptors (Lipinski definition) is 7. The average molecular weight is 465 g/mol. The molecule has 0 unspecified atom stereocenters. The van der Waals surface area contributed by atoms with Gasteiger partial charge in [-0.2, -0.15) is 13.2 Å². The van der Waals surface area contributed by atoms with Gasteiger partial charge in [-0.15, -0.1) is 0 Å². The highest BCUT2D eigenvalue weighted by atomic mass is 19.4. The molecule has 0 saturated carbocycles. The van der Waals surface area contributed by atoms with E-state index in [1.165, 1.54) is 26.3 Å². The van der Waals surface area contributed by atoms with Gasteiger partial charge in [0.05, 0.1) is 13.2 Å². The lowest BCUT2D eigenvalue weighted by Gasteiger charge is -2.11. The fourth-order valence-corrected chi connectivity index (χ4v) is 3.12. The molecule has 0 saturated heterocycles. The number of nitrogens with one attached hydrogen (secondary N) is 2. The molecule has 4 N–H and O–H groups in total. The molecule has 176 valence electrons. The molecule has 12 heteroatoms. The summed E-state index contributed by atoms with van der Waals surface area (Å²) in [7, 11) is 2.80. The van der Waals surface area contributed by atoms with Gasteiger partial charge in [-0.05, 0) is 31.2 Å². The molecule has 1 aromatic carbocycles. The largest absolute Gasteiger partial charge is 0.494 e. The van der Waals surface area contributed by atoms with E-state index in [0.717, 1.165) is 6.07 Å². The van der Waals surface area contributed by atoms with Gasteiger partial charge >= 0.3 is 6.18 Å². The number of carbonyl (C=O) groups is 2. The Bertz CT molecular complexity index is 1190. The maximum atomic E-state index is 13.2. The number of carbonyl (C=O) groups excluding carboxylic acids is 2. The number of pyridine rings is 1. The first-order chi connectivity index (χ1) is 15.6. The number of benzene rings is 1. The second kappa shape index (κ2) is 9.45. The summed E-state index contributed by atoms with van der Waals surface area (Å²) >= 11 is 0. The summed E-state index contributed by atoms with van der Waals surface area (Å²) in [5.41, 5.74) is 5.04. The number of halogens is 3. The molecule has 0 aliphatic rings. The van der Waals surface area contributed by atoms with Gasteiger partial charge in [0, 0.05) is 31.0 Å². The standard InChI is InChI=1S/C21H22F3N5O4/c1-10(25)18-17(19(31)27-9-8-15(30)26-2)29-20(33-18)12-4-6-13(32-3)16-11(12)5-7-14(28-16)21(22,23)24/h4-7,10H,8-9,25H2,1-3H3,(H,26,30)(H,27,31)/t10-/m0/s1. The highest BCUT2D eigenvalue weighted by molar-refractivity contribution is 5.98. The third-order valence-corrected chi connectivity index (χ3v) is 4.76. The summed E-state index contributed by atoms with van der Waals surface area (Å²) in [5.74, 6) is -0.652. The second-order valence-corrected chi connectivity index (χ2v) is 7.11. The minimum Gasteiger partial charge on any atom is -0.494 e. The number of ether oxygens (including phenoxy) is 1. The van der Waals surface area contributed by atoms with Crippen LogP contribution in [-0.2, 0) is 11.0 Å². The van der Waals surface area contributed by atoms with Crippen molar-refractivity contribution < 1.29 is 31.9 Å². The highest BCUT2D eigenvalue weighted by Crippen LogP contribution is 2.37. The van der Waals surface area contributed by atoms with E-state index >= 15 is 0 Å². The molecule has 0 radical (unpaired) electrons. The average Bonchev–Trinajstić information content (AvgIpc) is 3.22. The van der Waals surface area contributed by atoms with Crippen molar-refractivity contribution in [1.29, 1.82) is 0 Å². The number of oxazole rings is 1. The van der Waals surface area contributed by atoms with Crippen molar-refractivity contribution in [3.8, 4) is 17.2 Å². The Labute approximate surface area is 186 Å². The van der Waals surface area contributed by atoms with Gasteiger partial charge in [0.2, 0.25) is 11.8 Å².